The molecule has 0 aliphatic rings. The van der Waals surface area contributed by atoms with Gasteiger partial charge in [-0.25, -0.2) is 17.5 Å². The van der Waals surface area contributed by atoms with E-state index in [1.165, 1.54) is 12.1 Å². The van der Waals surface area contributed by atoms with Crippen LogP contribution < -0.4 is 10.5 Å². The lowest BCUT2D eigenvalue weighted by Gasteiger charge is -2.07. The molecule has 0 aliphatic heterocycles. The van der Waals surface area contributed by atoms with Crippen LogP contribution in [-0.2, 0) is 16.4 Å². The molecule has 0 atom stereocenters. The highest BCUT2D eigenvalue weighted by atomic mass is 79.9. The van der Waals surface area contributed by atoms with Crippen LogP contribution in [0.4, 0.5) is 10.1 Å². The number of halogens is 2. The average Bonchev–Trinajstić information content (AvgIpc) is 2.44. The summed E-state index contributed by atoms with van der Waals surface area (Å²) in [4.78, 5) is -0.0968. The van der Waals surface area contributed by atoms with Crippen molar-refractivity contribution in [2.24, 2.45) is 0 Å². The van der Waals surface area contributed by atoms with E-state index < -0.39 is 15.8 Å². The number of sulfonamides is 1. The largest absolute Gasteiger partial charge is 0.399 e. The van der Waals surface area contributed by atoms with E-state index in [0.717, 1.165) is 11.6 Å². The van der Waals surface area contributed by atoms with Crippen molar-refractivity contribution in [2.45, 2.75) is 11.3 Å². The molecule has 0 spiro atoms. The van der Waals surface area contributed by atoms with Gasteiger partial charge in [0.25, 0.3) is 0 Å². The van der Waals surface area contributed by atoms with Crippen molar-refractivity contribution in [1.29, 1.82) is 0 Å². The number of hydrogen-bond donors (Lipinski definition) is 2. The smallest absolute Gasteiger partial charge is 0.240 e. The number of hydrogen-bond acceptors (Lipinski definition) is 3. The van der Waals surface area contributed by atoms with Gasteiger partial charge in [-0.3, -0.25) is 0 Å². The molecule has 2 rings (SSSR count). The summed E-state index contributed by atoms with van der Waals surface area (Å²) in [6.07, 6.45) is 0.526. The first-order valence-electron chi connectivity index (χ1n) is 6.17. The molecule has 0 saturated heterocycles. The van der Waals surface area contributed by atoms with Crippen molar-refractivity contribution in [3.8, 4) is 0 Å². The number of nitrogens with two attached hydrogens (primary N) is 1. The summed E-state index contributed by atoms with van der Waals surface area (Å²) in [6, 6.07) is 10.9. The molecule has 3 N–H and O–H groups in total. The number of benzene rings is 2. The highest BCUT2D eigenvalue weighted by Crippen LogP contribution is 2.19. The normalized spacial score (nSPS) is 11.5. The predicted molar refractivity (Wildman–Crippen MR) is 83.8 cm³/mol. The molecule has 0 fully saturated rings. The van der Waals surface area contributed by atoms with E-state index in [2.05, 4.69) is 20.7 Å². The van der Waals surface area contributed by atoms with Gasteiger partial charge in [-0.1, -0.05) is 12.1 Å². The molecule has 2 aromatic carbocycles. The monoisotopic (exact) mass is 372 g/mol. The fourth-order valence-corrected chi connectivity index (χ4v) is 3.03. The van der Waals surface area contributed by atoms with Gasteiger partial charge in [0.05, 0.1) is 9.37 Å². The van der Waals surface area contributed by atoms with Gasteiger partial charge in [-0.05, 0) is 58.2 Å². The van der Waals surface area contributed by atoms with Crippen molar-refractivity contribution >= 4 is 31.6 Å². The lowest BCUT2D eigenvalue weighted by molar-refractivity contribution is 0.577. The molecular weight excluding hydrogens is 359 g/mol. The Kier molecular flexibility index (Phi) is 4.97. The molecule has 0 radical (unpaired) electrons. The molecule has 0 bridgehead atoms. The number of anilines is 1. The molecule has 7 heteroatoms. The Bertz CT molecular complexity index is 733. The fourth-order valence-electron chi connectivity index (χ4n) is 1.74. The average molecular weight is 373 g/mol. The van der Waals surface area contributed by atoms with E-state index in [9.17, 15) is 12.8 Å². The van der Waals surface area contributed by atoms with E-state index in [4.69, 9.17) is 5.73 Å². The van der Waals surface area contributed by atoms with Crippen LogP contribution in [0, 0.1) is 5.82 Å². The van der Waals surface area contributed by atoms with Crippen molar-refractivity contribution in [3.05, 3.63) is 58.3 Å². The maximum Gasteiger partial charge on any atom is 0.240 e. The van der Waals surface area contributed by atoms with Crippen molar-refractivity contribution in [3.63, 3.8) is 0 Å². The summed E-state index contributed by atoms with van der Waals surface area (Å²) in [6.45, 7) is 0.226. The molecule has 112 valence electrons. The number of nitrogens with one attached hydrogen (secondary N) is 1. The molecular formula is C14H14BrFN2O2S. The lowest BCUT2D eigenvalue weighted by Crippen LogP contribution is -2.26. The molecule has 0 amide bonds. The minimum Gasteiger partial charge on any atom is -0.399 e. The molecule has 0 aromatic heterocycles. The van der Waals surface area contributed by atoms with Crippen LogP contribution in [0.1, 0.15) is 5.56 Å². The number of nitrogen functional groups attached to an aromatic ring is 1. The summed E-state index contributed by atoms with van der Waals surface area (Å²) < 4.78 is 40.1. The summed E-state index contributed by atoms with van der Waals surface area (Å²) in [5.74, 6) is -0.614. The van der Waals surface area contributed by atoms with E-state index >= 15 is 0 Å². The van der Waals surface area contributed by atoms with Crippen LogP contribution in [0.3, 0.4) is 0 Å². The third kappa shape index (κ3) is 4.26. The van der Waals surface area contributed by atoms with Crippen LogP contribution in [0.15, 0.2) is 51.8 Å². The van der Waals surface area contributed by atoms with Gasteiger partial charge < -0.3 is 5.73 Å². The van der Waals surface area contributed by atoms with E-state index in [-0.39, 0.29) is 15.9 Å². The molecule has 0 unspecified atom stereocenters. The van der Waals surface area contributed by atoms with Gasteiger partial charge in [0.2, 0.25) is 10.0 Å². The van der Waals surface area contributed by atoms with Crippen LogP contribution in [-0.4, -0.2) is 15.0 Å². The molecule has 4 nitrogen and oxygen atoms in total. The van der Waals surface area contributed by atoms with Crippen LogP contribution in [0.2, 0.25) is 0 Å². The van der Waals surface area contributed by atoms with Crippen LogP contribution in [0.5, 0.6) is 0 Å². The predicted octanol–water partition coefficient (Wildman–Crippen LogP) is 2.69. The van der Waals surface area contributed by atoms with Crippen LogP contribution in [0.25, 0.3) is 0 Å². The van der Waals surface area contributed by atoms with Gasteiger partial charge in [-0.15, -0.1) is 0 Å². The van der Waals surface area contributed by atoms with E-state index in [1.807, 2.05) is 12.1 Å². The SMILES string of the molecule is Nc1ccc(CCNS(=O)(=O)c2ccc(Br)c(F)c2)cc1. The summed E-state index contributed by atoms with van der Waals surface area (Å²) in [5, 5.41) is 0. The molecule has 0 saturated carbocycles. The maximum absolute atomic E-state index is 13.4. The van der Waals surface area contributed by atoms with E-state index in [1.54, 1.807) is 12.1 Å². The molecule has 0 aliphatic carbocycles. The Morgan fingerprint density at radius 3 is 2.43 bits per heavy atom. The van der Waals surface area contributed by atoms with Gasteiger partial charge in [0.1, 0.15) is 5.82 Å². The highest BCUT2D eigenvalue weighted by Gasteiger charge is 2.15. The second-order valence-corrected chi connectivity index (χ2v) is 7.09. The minimum atomic E-state index is -3.71. The van der Waals surface area contributed by atoms with Crippen molar-refractivity contribution in [1.82, 2.24) is 4.72 Å². The summed E-state index contributed by atoms with van der Waals surface area (Å²) >= 11 is 2.98. The van der Waals surface area contributed by atoms with Crippen molar-refractivity contribution in [2.75, 3.05) is 12.3 Å². The Balaban J connectivity index is 2.01. The Morgan fingerprint density at radius 2 is 1.81 bits per heavy atom. The Hall–Kier alpha value is -1.44. The fraction of sp³-hybridized carbons (Fsp3) is 0.143. The molecule has 21 heavy (non-hydrogen) atoms. The third-order valence-corrected chi connectivity index (χ3v) is 4.99. The first-order valence-corrected chi connectivity index (χ1v) is 8.45. The zero-order valence-corrected chi connectivity index (χ0v) is 13.4. The first-order chi connectivity index (χ1) is 9.88. The zero-order valence-electron chi connectivity index (χ0n) is 11.0. The van der Waals surface area contributed by atoms with Gasteiger partial charge >= 0.3 is 0 Å². The highest BCUT2D eigenvalue weighted by molar-refractivity contribution is 9.10. The summed E-state index contributed by atoms with van der Waals surface area (Å²) in [5.41, 5.74) is 7.20. The standard InChI is InChI=1S/C14H14BrFN2O2S/c15-13-6-5-12(9-14(13)16)21(19,20)18-8-7-10-1-3-11(17)4-2-10/h1-6,9,18H,7-8,17H2. The number of rotatable bonds is 5. The maximum atomic E-state index is 13.4. The zero-order chi connectivity index (χ0) is 15.5. The minimum absolute atomic E-state index is 0.0968. The lowest BCUT2D eigenvalue weighted by atomic mass is 10.1. The Morgan fingerprint density at radius 1 is 1.14 bits per heavy atom. The van der Waals surface area contributed by atoms with E-state index in [0.29, 0.717) is 12.1 Å². The van der Waals surface area contributed by atoms with Crippen molar-refractivity contribution < 1.29 is 12.8 Å². The summed E-state index contributed by atoms with van der Waals surface area (Å²) in [7, 11) is -3.71. The topological polar surface area (TPSA) is 72.2 Å². The third-order valence-electron chi connectivity index (χ3n) is 2.89. The van der Waals surface area contributed by atoms with Gasteiger partial charge in [0.15, 0.2) is 0 Å². The second kappa shape index (κ2) is 6.55. The van der Waals surface area contributed by atoms with Gasteiger partial charge in [0, 0.05) is 12.2 Å². The molecule has 2 aromatic rings. The quantitative estimate of drug-likeness (QED) is 0.792. The molecule has 0 heterocycles. The first kappa shape index (κ1) is 15.9. The second-order valence-electron chi connectivity index (χ2n) is 4.47. The Labute approximate surface area is 131 Å². The van der Waals surface area contributed by atoms with Crippen LogP contribution >= 0.6 is 15.9 Å². The van der Waals surface area contributed by atoms with Gasteiger partial charge in [-0.2, -0.15) is 0 Å².